The van der Waals surface area contributed by atoms with Crippen LogP contribution in [0.1, 0.15) is 22.9 Å². The molecule has 2 aromatic rings. The van der Waals surface area contributed by atoms with E-state index in [4.69, 9.17) is 9.15 Å². The Kier molecular flexibility index (Phi) is 4.71. The Hall–Kier alpha value is -3.40. The van der Waals surface area contributed by atoms with E-state index < -0.39 is 10.9 Å². The molecule has 3 heterocycles. The molecule has 0 aliphatic carbocycles. The van der Waals surface area contributed by atoms with Gasteiger partial charge in [-0.3, -0.25) is 19.8 Å². The molecule has 1 saturated heterocycles. The standard InChI is InChI=1S/C19H15N3O6S/c1-10-16(28-11(2)20-10)7-14-17(23)21-15(9-29-18(14)21)19(24)27-8-12-3-5-13(6-4-12)22(25)26/h3-7,9,18H,8H2,1-2H3/t18-/m0/s1. The number of aryl methyl sites for hydroxylation is 2. The van der Waals surface area contributed by atoms with Gasteiger partial charge >= 0.3 is 5.97 Å². The first kappa shape index (κ1) is 18.9. The molecule has 0 spiro atoms. The molecule has 10 heteroatoms. The monoisotopic (exact) mass is 413 g/mol. The second-order valence-corrected chi connectivity index (χ2v) is 7.40. The number of thioether (sulfide) groups is 1. The van der Waals surface area contributed by atoms with Crippen molar-refractivity contribution in [2.75, 3.05) is 0 Å². The lowest BCUT2D eigenvalue weighted by atomic mass is 10.0. The molecule has 1 atom stereocenters. The third-order valence-corrected chi connectivity index (χ3v) is 5.57. The molecule has 0 radical (unpaired) electrons. The van der Waals surface area contributed by atoms with Crippen LogP contribution in [-0.2, 0) is 20.9 Å². The lowest BCUT2D eigenvalue weighted by molar-refractivity contribution is -0.384. The van der Waals surface area contributed by atoms with Gasteiger partial charge in [0.25, 0.3) is 11.6 Å². The van der Waals surface area contributed by atoms with Crippen LogP contribution in [0, 0.1) is 24.0 Å². The first-order chi connectivity index (χ1) is 13.8. The van der Waals surface area contributed by atoms with Crippen molar-refractivity contribution in [2.24, 2.45) is 0 Å². The molecule has 1 amide bonds. The third kappa shape index (κ3) is 3.42. The van der Waals surface area contributed by atoms with Gasteiger partial charge in [0, 0.05) is 24.5 Å². The highest BCUT2D eigenvalue weighted by atomic mass is 32.2. The molecule has 0 N–H and O–H groups in total. The van der Waals surface area contributed by atoms with Crippen molar-refractivity contribution in [1.29, 1.82) is 0 Å². The highest BCUT2D eigenvalue weighted by Gasteiger charge is 2.50. The molecule has 4 rings (SSSR count). The highest BCUT2D eigenvalue weighted by molar-refractivity contribution is 8.03. The molecule has 148 valence electrons. The lowest BCUT2D eigenvalue weighted by Gasteiger charge is -2.37. The van der Waals surface area contributed by atoms with E-state index in [0.717, 1.165) is 0 Å². The van der Waals surface area contributed by atoms with Gasteiger partial charge in [0.2, 0.25) is 0 Å². The topological polar surface area (TPSA) is 116 Å². The first-order valence-corrected chi connectivity index (χ1v) is 9.54. The number of aromatic nitrogens is 1. The van der Waals surface area contributed by atoms with Crippen LogP contribution < -0.4 is 0 Å². The van der Waals surface area contributed by atoms with Gasteiger partial charge in [-0.2, -0.15) is 0 Å². The zero-order valence-electron chi connectivity index (χ0n) is 15.4. The van der Waals surface area contributed by atoms with E-state index in [-0.39, 0.29) is 29.3 Å². The number of non-ortho nitro benzene ring substituents is 1. The summed E-state index contributed by atoms with van der Waals surface area (Å²) in [5, 5.41) is 12.0. The third-order valence-electron chi connectivity index (χ3n) is 4.49. The summed E-state index contributed by atoms with van der Waals surface area (Å²) in [7, 11) is 0. The molecule has 1 fully saturated rings. The Morgan fingerprint density at radius 1 is 1.38 bits per heavy atom. The summed E-state index contributed by atoms with van der Waals surface area (Å²) in [5.41, 5.74) is 1.97. The highest BCUT2D eigenvalue weighted by Crippen LogP contribution is 2.45. The fraction of sp³-hybridized carbons (Fsp3) is 0.211. The van der Waals surface area contributed by atoms with Gasteiger partial charge in [-0.25, -0.2) is 9.78 Å². The van der Waals surface area contributed by atoms with Crippen LogP contribution in [0.3, 0.4) is 0 Å². The van der Waals surface area contributed by atoms with Gasteiger partial charge in [0.1, 0.15) is 17.7 Å². The molecular formula is C19H15N3O6S. The fourth-order valence-electron chi connectivity index (χ4n) is 3.02. The number of benzene rings is 1. The summed E-state index contributed by atoms with van der Waals surface area (Å²) >= 11 is 1.34. The largest absolute Gasteiger partial charge is 0.456 e. The van der Waals surface area contributed by atoms with Gasteiger partial charge in [0.05, 0.1) is 16.2 Å². The second-order valence-electron chi connectivity index (χ2n) is 6.45. The summed E-state index contributed by atoms with van der Waals surface area (Å²) < 4.78 is 10.7. The lowest BCUT2D eigenvalue weighted by Crippen LogP contribution is -2.51. The smallest absolute Gasteiger partial charge is 0.355 e. The SMILES string of the molecule is Cc1nc(C)c(C=C2C(=O)N3C(C(=O)OCc4ccc([N+](=O)[O-])cc4)=CS[C@@H]23)o1. The van der Waals surface area contributed by atoms with E-state index in [9.17, 15) is 19.7 Å². The number of nitrogens with zero attached hydrogens (tertiary/aromatic N) is 3. The quantitative estimate of drug-likeness (QED) is 0.241. The summed E-state index contributed by atoms with van der Waals surface area (Å²) in [6, 6.07) is 5.72. The van der Waals surface area contributed by atoms with Crippen LogP contribution in [0.15, 0.2) is 45.4 Å². The summed E-state index contributed by atoms with van der Waals surface area (Å²) in [5.74, 6) is 0.135. The number of carbonyl (C=O) groups excluding carboxylic acids is 2. The Morgan fingerprint density at radius 2 is 2.10 bits per heavy atom. The number of hydrogen-bond acceptors (Lipinski definition) is 8. The summed E-state index contributed by atoms with van der Waals surface area (Å²) in [4.78, 5) is 40.7. The number of nitro groups is 1. The van der Waals surface area contributed by atoms with Crippen molar-refractivity contribution in [3.63, 3.8) is 0 Å². The minimum Gasteiger partial charge on any atom is -0.456 e. The van der Waals surface area contributed by atoms with Crippen LogP contribution >= 0.6 is 11.8 Å². The minimum absolute atomic E-state index is 0.0412. The van der Waals surface area contributed by atoms with E-state index >= 15 is 0 Å². The average Bonchev–Trinajstić information content (AvgIpc) is 3.24. The molecular weight excluding hydrogens is 398 g/mol. The van der Waals surface area contributed by atoms with Crippen LogP contribution in [0.4, 0.5) is 5.69 Å². The maximum atomic E-state index is 12.5. The van der Waals surface area contributed by atoms with Crippen LogP contribution in [0.2, 0.25) is 0 Å². The molecule has 0 unspecified atom stereocenters. The molecule has 1 aromatic heterocycles. The molecule has 0 bridgehead atoms. The Bertz CT molecular complexity index is 1090. The Morgan fingerprint density at radius 3 is 2.72 bits per heavy atom. The Labute approximate surface area is 169 Å². The number of rotatable bonds is 5. The fourth-order valence-corrected chi connectivity index (χ4v) is 4.13. The van der Waals surface area contributed by atoms with Crippen molar-refractivity contribution < 1.29 is 23.7 Å². The van der Waals surface area contributed by atoms with Gasteiger partial charge in [0.15, 0.2) is 11.7 Å². The summed E-state index contributed by atoms with van der Waals surface area (Å²) in [6.45, 7) is 3.48. The molecule has 1 aromatic carbocycles. The number of carbonyl (C=O) groups is 2. The number of fused-ring (bicyclic) bond motifs is 1. The number of amides is 1. The van der Waals surface area contributed by atoms with E-state index in [0.29, 0.717) is 28.5 Å². The van der Waals surface area contributed by atoms with Crippen molar-refractivity contribution in [3.8, 4) is 0 Å². The minimum atomic E-state index is -0.627. The molecule has 2 aliphatic heterocycles. The van der Waals surface area contributed by atoms with Crippen molar-refractivity contribution >= 4 is 35.4 Å². The predicted molar refractivity (Wildman–Crippen MR) is 103 cm³/mol. The van der Waals surface area contributed by atoms with Gasteiger partial charge in [-0.05, 0) is 30.7 Å². The van der Waals surface area contributed by atoms with E-state index in [1.165, 1.54) is 40.9 Å². The van der Waals surface area contributed by atoms with Gasteiger partial charge in [-0.15, -0.1) is 11.8 Å². The zero-order valence-corrected chi connectivity index (χ0v) is 16.3. The molecule has 29 heavy (non-hydrogen) atoms. The van der Waals surface area contributed by atoms with E-state index in [1.54, 1.807) is 25.3 Å². The van der Waals surface area contributed by atoms with Crippen LogP contribution in [0.5, 0.6) is 0 Å². The number of ether oxygens (including phenoxy) is 1. The molecule has 2 aliphatic rings. The molecule has 0 saturated carbocycles. The summed E-state index contributed by atoms with van der Waals surface area (Å²) in [6.07, 6.45) is 1.66. The number of esters is 1. The second kappa shape index (κ2) is 7.21. The normalized spacial score (nSPS) is 19.0. The van der Waals surface area contributed by atoms with Crippen LogP contribution in [-0.4, -0.2) is 32.1 Å². The maximum Gasteiger partial charge on any atom is 0.355 e. The molecule has 9 nitrogen and oxygen atoms in total. The van der Waals surface area contributed by atoms with Crippen LogP contribution in [0.25, 0.3) is 6.08 Å². The van der Waals surface area contributed by atoms with Crippen molar-refractivity contribution in [3.05, 3.63) is 74.0 Å². The first-order valence-electron chi connectivity index (χ1n) is 8.60. The average molecular weight is 413 g/mol. The van der Waals surface area contributed by atoms with Crippen molar-refractivity contribution in [1.82, 2.24) is 9.88 Å². The Balaban J connectivity index is 1.40. The predicted octanol–water partition coefficient (Wildman–Crippen LogP) is 3.08. The van der Waals surface area contributed by atoms with Crippen molar-refractivity contribution in [2.45, 2.75) is 25.8 Å². The van der Waals surface area contributed by atoms with E-state index in [1.807, 2.05) is 0 Å². The van der Waals surface area contributed by atoms with Gasteiger partial charge in [-0.1, -0.05) is 0 Å². The van der Waals surface area contributed by atoms with Gasteiger partial charge < -0.3 is 9.15 Å². The zero-order chi connectivity index (χ0) is 20.7. The van der Waals surface area contributed by atoms with E-state index in [2.05, 4.69) is 4.98 Å². The number of nitro benzene ring substituents is 1. The maximum absolute atomic E-state index is 12.5. The number of oxazole rings is 1. The number of hydrogen-bond donors (Lipinski definition) is 0. The number of β-lactam (4-membered cyclic amide) rings is 1.